The first kappa shape index (κ1) is 23.3. The molecule has 7 nitrogen and oxygen atoms in total. The second kappa shape index (κ2) is 9.58. The Kier molecular flexibility index (Phi) is 6.58. The van der Waals surface area contributed by atoms with Crippen LogP contribution in [0.1, 0.15) is 23.0 Å². The fourth-order valence-electron chi connectivity index (χ4n) is 3.23. The van der Waals surface area contributed by atoms with Crippen molar-refractivity contribution in [3.8, 4) is 11.3 Å². The van der Waals surface area contributed by atoms with E-state index in [0.717, 1.165) is 11.0 Å². The standard InChI is InChI=1S/C24H16ClFN2O5S/c1-2-32-23(31)14-5-3-13(4-6-14)20-10-8-16(33-20)12-17-21(29)27-24(34)28(22(17)30)15-7-9-19(26)18(25)11-15/h3-12H,2H2,1H3,(H,27,29,34). The number of hydrogen-bond acceptors (Lipinski definition) is 6. The Hall–Kier alpha value is -3.82. The quantitative estimate of drug-likeness (QED) is 0.236. The van der Waals surface area contributed by atoms with Gasteiger partial charge in [0.05, 0.1) is 22.9 Å². The van der Waals surface area contributed by atoms with Crippen LogP contribution in [0.3, 0.4) is 0 Å². The number of hydrogen-bond donors (Lipinski definition) is 1. The van der Waals surface area contributed by atoms with Gasteiger partial charge < -0.3 is 9.15 Å². The van der Waals surface area contributed by atoms with E-state index in [9.17, 15) is 18.8 Å². The first-order valence-electron chi connectivity index (χ1n) is 10.0. The van der Waals surface area contributed by atoms with E-state index in [0.29, 0.717) is 16.9 Å². The second-order valence-corrected chi connectivity index (χ2v) is 7.85. The van der Waals surface area contributed by atoms with E-state index < -0.39 is 23.6 Å². The van der Waals surface area contributed by atoms with Crippen molar-refractivity contribution in [1.29, 1.82) is 0 Å². The van der Waals surface area contributed by atoms with Crippen molar-refractivity contribution >= 4 is 58.5 Å². The maximum Gasteiger partial charge on any atom is 0.338 e. The van der Waals surface area contributed by atoms with Crippen molar-refractivity contribution in [1.82, 2.24) is 5.32 Å². The lowest BCUT2D eigenvalue weighted by atomic mass is 10.1. The van der Waals surface area contributed by atoms with Gasteiger partial charge in [0.1, 0.15) is 22.9 Å². The Bertz CT molecular complexity index is 1350. The van der Waals surface area contributed by atoms with Crippen LogP contribution in [-0.4, -0.2) is 29.5 Å². The van der Waals surface area contributed by atoms with Crippen molar-refractivity contribution in [2.45, 2.75) is 6.92 Å². The highest BCUT2D eigenvalue weighted by Gasteiger charge is 2.35. The number of benzene rings is 2. The molecule has 3 aromatic rings. The fourth-order valence-corrected chi connectivity index (χ4v) is 3.68. The molecule has 4 rings (SSSR count). The first-order chi connectivity index (χ1) is 16.3. The summed E-state index contributed by atoms with van der Waals surface area (Å²) in [5.41, 5.74) is 1.06. The summed E-state index contributed by atoms with van der Waals surface area (Å²) in [7, 11) is 0. The van der Waals surface area contributed by atoms with Gasteiger partial charge in [0, 0.05) is 5.56 Å². The Balaban J connectivity index is 1.60. The maximum absolute atomic E-state index is 13.5. The van der Waals surface area contributed by atoms with Crippen LogP contribution in [0.15, 0.2) is 64.6 Å². The molecule has 0 spiro atoms. The summed E-state index contributed by atoms with van der Waals surface area (Å²) in [6.45, 7) is 2.00. The molecule has 0 bridgehead atoms. The molecule has 0 saturated carbocycles. The molecule has 172 valence electrons. The first-order valence-corrected chi connectivity index (χ1v) is 10.8. The van der Waals surface area contributed by atoms with E-state index in [2.05, 4.69) is 5.32 Å². The van der Waals surface area contributed by atoms with Crippen LogP contribution in [0.25, 0.3) is 17.4 Å². The molecular formula is C24H16ClFN2O5S. The predicted molar refractivity (Wildman–Crippen MR) is 128 cm³/mol. The lowest BCUT2D eigenvalue weighted by Gasteiger charge is -2.28. The van der Waals surface area contributed by atoms with E-state index in [1.165, 1.54) is 18.2 Å². The molecule has 1 fully saturated rings. The number of halogens is 2. The van der Waals surface area contributed by atoms with Gasteiger partial charge in [-0.1, -0.05) is 23.7 Å². The molecule has 2 amide bonds. The molecule has 0 atom stereocenters. The Morgan fingerprint density at radius 1 is 1.18 bits per heavy atom. The lowest BCUT2D eigenvalue weighted by molar-refractivity contribution is -0.122. The third-order valence-electron chi connectivity index (χ3n) is 4.86. The SMILES string of the molecule is CCOC(=O)c1ccc(-c2ccc(C=C3C(=O)NC(=S)N(c4ccc(F)c(Cl)c4)C3=O)o2)cc1. The Morgan fingerprint density at radius 2 is 1.91 bits per heavy atom. The molecule has 1 aliphatic rings. The molecule has 1 N–H and O–H groups in total. The largest absolute Gasteiger partial charge is 0.462 e. The van der Waals surface area contributed by atoms with E-state index in [1.54, 1.807) is 43.3 Å². The number of anilines is 1. The molecule has 10 heteroatoms. The number of ether oxygens (including phenoxy) is 1. The summed E-state index contributed by atoms with van der Waals surface area (Å²) < 4.78 is 24.3. The number of nitrogens with zero attached hydrogens (tertiary/aromatic N) is 1. The zero-order chi connectivity index (χ0) is 24.4. The highest BCUT2D eigenvalue weighted by molar-refractivity contribution is 7.80. The summed E-state index contributed by atoms with van der Waals surface area (Å²) >= 11 is 11.0. The molecule has 0 unspecified atom stereocenters. The number of esters is 1. The summed E-state index contributed by atoms with van der Waals surface area (Å²) in [5, 5.41) is 2.09. The van der Waals surface area contributed by atoms with Crippen LogP contribution in [-0.2, 0) is 14.3 Å². The number of thiocarbonyl (C=S) groups is 1. The van der Waals surface area contributed by atoms with Crippen LogP contribution in [0, 0.1) is 5.82 Å². The van der Waals surface area contributed by atoms with Crippen molar-refractivity contribution in [3.63, 3.8) is 0 Å². The molecule has 1 aliphatic heterocycles. The summed E-state index contributed by atoms with van der Waals surface area (Å²) in [5.74, 6) is -1.79. The van der Waals surface area contributed by atoms with E-state index >= 15 is 0 Å². The Labute approximate surface area is 203 Å². The van der Waals surface area contributed by atoms with Crippen LogP contribution in [0.2, 0.25) is 5.02 Å². The fraction of sp³-hybridized carbons (Fsp3) is 0.0833. The van der Waals surface area contributed by atoms with Crippen LogP contribution < -0.4 is 10.2 Å². The van der Waals surface area contributed by atoms with E-state index in [1.807, 2.05) is 0 Å². The molecule has 1 saturated heterocycles. The summed E-state index contributed by atoms with van der Waals surface area (Å²) in [4.78, 5) is 38.4. The average Bonchev–Trinajstić information content (AvgIpc) is 3.28. The zero-order valence-electron chi connectivity index (χ0n) is 17.6. The molecule has 2 heterocycles. The number of rotatable bonds is 5. The smallest absolute Gasteiger partial charge is 0.338 e. The minimum atomic E-state index is -0.715. The van der Waals surface area contributed by atoms with Crippen molar-refractivity contribution in [2.24, 2.45) is 0 Å². The number of amides is 2. The minimum Gasteiger partial charge on any atom is -0.462 e. The van der Waals surface area contributed by atoms with Gasteiger partial charge in [0.15, 0.2) is 5.11 Å². The van der Waals surface area contributed by atoms with Gasteiger partial charge in [-0.05, 0) is 67.7 Å². The maximum atomic E-state index is 13.5. The van der Waals surface area contributed by atoms with Gasteiger partial charge in [-0.2, -0.15) is 0 Å². The molecule has 34 heavy (non-hydrogen) atoms. The Morgan fingerprint density at radius 3 is 2.59 bits per heavy atom. The van der Waals surface area contributed by atoms with Crippen molar-refractivity contribution < 1.29 is 27.9 Å². The molecule has 1 aromatic heterocycles. The van der Waals surface area contributed by atoms with E-state index in [-0.39, 0.29) is 33.8 Å². The molecular weight excluding hydrogens is 483 g/mol. The third-order valence-corrected chi connectivity index (χ3v) is 5.43. The van der Waals surface area contributed by atoms with Crippen LogP contribution in [0.4, 0.5) is 10.1 Å². The predicted octanol–water partition coefficient (Wildman–Crippen LogP) is 4.75. The monoisotopic (exact) mass is 498 g/mol. The van der Waals surface area contributed by atoms with Gasteiger partial charge in [0.25, 0.3) is 11.8 Å². The normalized spacial score (nSPS) is 15.0. The van der Waals surface area contributed by atoms with Crippen LogP contribution in [0.5, 0.6) is 0 Å². The van der Waals surface area contributed by atoms with Gasteiger partial charge in [-0.25, -0.2) is 9.18 Å². The highest BCUT2D eigenvalue weighted by Crippen LogP contribution is 2.28. The van der Waals surface area contributed by atoms with E-state index in [4.69, 9.17) is 33.0 Å². The zero-order valence-corrected chi connectivity index (χ0v) is 19.2. The number of furan rings is 1. The lowest BCUT2D eigenvalue weighted by Crippen LogP contribution is -2.54. The minimum absolute atomic E-state index is 0.156. The second-order valence-electron chi connectivity index (χ2n) is 7.06. The van der Waals surface area contributed by atoms with Gasteiger partial charge in [-0.15, -0.1) is 0 Å². The van der Waals surface area contributed by atoms with Gasteiger partial charge >= 0.3 is 5.97 Å². The summed E-state index contributed by atoms with van der Waals surface area (Å²) in [6, 6.07) is 13.5. The molecule has 0 aliphatic carbocycles. The number of carbonyl (C=O) groups is 3. The average molecular weight is 499 g/mol. The number of carbonyl (C=O) groups excluding carboxylic acids is 3. The topological polar surface area (TPSA) is 88.9 Å². The van der Waals surface area contributed by atoms with Crippen LogP contribution >= 0.6 is 23.8 Å². The van der Waals surface area contributed by atoms with Gasteiger partial charge in [0.2, 0.25) is 0 Å². The molecule has 0 radical (unpaired) electrons. The third kappa shape index (κ3) is 4.61. The van der Waals surface area contributed by atoms with Crippen molar-refractivity contribution in [2.75, 3.05) is 11.5 Å². The summed E-state index contributed by atoms with van der Waals surface area (Å²) in [6.07, 6.45) is 1.29. The van der Waals surface area contributed by atoms with Gasteiger partial charge in [-0.3, -0.25) is 19.8 Å². The highest BCUT2D eigenvalue weighted by atomic mass is 35.5. The van der Waals surface area contributed by atoms with Crippen molar-refractivity contribution in [3.05, 3.63) is 82.3 Å². The number of nitrogens with one attached hydrogen (secondary N) is 1. The molecule has 2 aromatic carbocycles.